The van der Waals surface area contributed by atoms with Crippen molar-refractivity contribution in [2.24, 2.45) is 0 Å². The molecule has 1 aliphatic carbocycles. The molecule has 0 aliphatic heterocycles. The van der Waals surface area contributed by atoms with Crippen LogP contribution in [0.3, 0.4) is 0 Å². The van der Waals surface area contributed by atoms with Gasteiger partial charge in [-0.15, -0.1) is 0 Å². The Morgan fingerprint density at radius 3 is 2.36 bits per heavy atom. The molecule has 1 aromatic carbocycles. The van der Waals surface area contributed by atoms with Gasteiger partial charge >= 0.3 is 164 Å². The van der Waals surface area contributed by atoms with Crippen LogP contribution in [-0.4, -0.2) is 30.3 Å². The van der Waals surface area contributed by atoms with E-state index < -0.39 is 28.9 Å². The fourth-order valence-corrected chi connectivity index (χ4v) is 95.2. The van der Waals surface area contributed by atoms with Crippen molar-refractivity contribution in [2.45, 2.75) is 55.6 Å². The van der Waals surface area contributed by atoms with Gasteiger partial charge in [-0.1, -0.05) is 0 Å². The van der Waals surface area contributed by atoms with Gasteiger partial charge in [-0.05, 0) is 0 Å². The fourth-order valence-electron chi connectivity index (χ4n) is 4.23. The molecule has 0 aromatic heterocycles. The predicted molar refractivity (Wildman–Crippen MR) is 115 cm³/mol. The van der Waals surface area contributed by atoms with Crippen LogP contribution in [0.5, 0.6) is 0 Å². The Hall–Kier alpha value is 0.777. The van der Waals surface area contributed by atoms with Gasteiger partial charge in [0.1, 0.15) is 0 Å². The third-order valence-electron chi connectivity index (χ3n) is 5.90. The van der Waals surface area contributed by atoms with Gasteiger partial charge < -0.3 is 0 Å². The van der Waals surface area contributed by atoms with E-state index in [2.05, 4.69) is 80.1 Å². The molecular formula is C18H32Cl2NOSi2Zr. The maximum atomic E-state index is 9.89. The molecule has 2 unspecified atom stereocenters. The molecule has 0 bridgehead atoms. The van der Waals surface area contributed by atoms with Crippen LogP contribution in [0.1, 0.15) is 35.5 Å². The average Bonchev–Trinajstić information content (AvgIpc) is 2.90. The van der Waals surface area contributed by atoms with E-state index >= 15 is 0 Å². The summed E-state index contributed by atoms with van der Waals surface area (Å²) in [6, 6.07) is 9.26. The molecule has 1 aromatic rings. The second kappa shape index (κ2) is 7.31. The summed E-state index contributed by atoms with van der Waals surface area (Å²) < 4.78 is 1.87. The van der Waals surface area contributed by atoms with E-state index in [1.165, 1.54) is 11.1 Å². The normalized spacial score (nSPS) is 21.7. The predicted octanol–water partition coefficient (Wildman–Crippen LogP) is 5.19. The van der Waals surface area contributed by atoms with Crippen LogP contribution < -0.4 is 3.26 Å². The van der Waals surface area contributed by atoms with Crippen LogP contribution in [0.25, 0.3) is 6.08 Å². The molecule has 0 spiro atoms. The summed E-state index contributed by atoms with van der Waals surface area (Å²) in [7, 11) is 14.4. The Balaban J connectivity index is 2.73. The van der Waals surface area contributed by atoms with Gasteiger partial charge in [0.25, 0.3) is 0 Å². The maximum absolute atomic E-state index is 9.89. The fraction of sp³-hybridized carbons (Fsp3) is 0.556. The average molecular weight is 497 g/mol. The van der Waals surface area contributed by atoms with E-state index in [0.29, 0.717) is 0 Å². The zero-order valence-electron chi connectivity index (χ0n) is 16.2. The first-order valence-electron chi connectivity index (χ1n) is 9.10. The number of allylic oxidation sites excluding steroid dienone is 1. The zero-order valence-corrected chi connectivity index (χ0v) is 22.4. The van der Waals surface area contributed by atoms with Crippen molar-refractivity contribution >= 4 is 36.1 Å². The van der Waals surface area contributed by atoms with Gasteiger partial charge in [-0.25, -0.2) is 0 Å². The number of nitrogens with one attached hydrogen (secondary N) is 1. The molecule has 0 saturated heterocycles. The van der Waals surface area contributed by atoms with Crippen LogP contribution in [0, 0.1) is 0 Å². The Bertz CT molecular complexity index is 675. The Labute approximate surface area is 163 Å². The molecule has 1 aliphatic rings. The van der Waals surface area contributed by atoms with E-state index in [1.807, 2.05) is 0 Å². The van der Waals surface area contributed by atoms with Crippen LogP contribution in [0.15, 0.2) is 30.3 Å². The molecule has 25 heavy (non-hydrogen) atoms. The van der Waals surface area contributed by atoms with E-state index in [9.17, 15) is 5.11 Å². The van der Waals surface area contributed by atoms with E-state index in [4.69, 9.17) is 17.0 Å². The molecule has 7 heteroatoms. The molecular weight excluding hydrogens is 465 g/mol. The molecule has 2 nitrogen and oxygen atoms in total. The first-order valence-corrected chi connectivity index (χ1v) is 28.6. The summed E-state index contributed by atoms with van der Waals surface area (Å²) in [5.41, 5.74) is 2.34. The van der Waals surface area contributed by atoms with Gasteiger partial charge in [0.15, 0.2) is 0 Å². The van der Waals surface area contributed by atoms with Crippen LogP contribution >= 0.6 is 17.0 Å². The molecule has 141 valence electrons. The summed E-state index contributed by atoms with van der Waals surface area (Å²) in [5, 5.41) is 9.89. The second-order valence-electron chi connectivity index (χ2n) is 8.97. The first kappa shape index (κ1) is 22.1. The number of benzene rings is 1. The Morgan fingerprint density at radius 2 is 1.84 bits per heavy atom. The van der Waals surface area contributed by atoms with Crippen LogP contribution in [0.2, 0.25) is 25.7 Å². The van der Waals surface area contributed by atoms with Gasteiger partial charge in [-0.2, -0.15) is 0 Å². The quantitative estimate of drug-likeness (QED) is 0.532. The van der Waals surface area contributed by atoms with Gasteiger partial charge in [-0.3, -0.25) is 0 Å². The number of hydrogen-bond acceptors (Lipinski definition) is 2. The van der Waals surface area contributed by atoms with E-state index in [0.717, 1.165) is 6.04 Å². The minimum atomic E-state index is -4.55. The molecule has 0 fully saturated rings. The number of rotatable bonds is 6. The molecule has 0 saturated carbocycles. The summed E-state index contributed by atoms with van der Waals surface area (Å²) in [6.07, 6.45) is 4.42. The summed E-state index contributed by atoms with van der Waals surface area (Å²) in [5.74, 6) is 0. The molecule has 2 N–H and O–H groups in total. The van der Waals surface area contributed by atoms with Crippen molar-refractivity contribution in [1.29, 1.82) is 0 Å². The number of fused-ring (bicyclic) bond motifs is 1. The van der Waals surface area contributed by atoms with Crippen molar-refractivity contribution in [2.75, 3.05) is 6.61 Å². The number of halogens is 2. The number of aliphatic hydroxyl groups excluding tert-OH is 1. The van der Waals surface area contributed by atoms with Gasteiger partial charge in [0.2, 0.25) is 0 Å². The van der Waals surface area contributed by atoms with Crippen molar-refractivity contribution in [1.82, 2.24) is 3.26 Å². The molecule has 0 amide bonds. The molecule has 2 rings (SSSR count). The zero-order chi connectivity index (χ0) is 19.1. The first-order chi connectivity index (χ1) is 11.3. The van der Waals surface area contributed by atoms with Gasteiger partial charge in [0, 0.05) is 0 Å². The number of aliphatic hydroxyl groups is 1. The summed E-state index contributed by atoms with van der Waals surface area (Å²) >= 11 is -4.55. The van der Waals surface area contributed by atoms with Crippen molar-refractivity contribution in [3.05, 3.63) is 41.5 Å². The van der Waals surface area contributed by atoms with Crippen molar-refractivity contribution in [3.8, 4) is 0 Å². The summed E-state index contributed by atoms with van der Waals surface area (Å²) in [6.45, 7) is 13.8. The molecule has 0 radical (unpaired) electrons. The van der Waals surface area contributed by atoms with Crippen LogP contribution in [0.4, 0.5) is 0 Å². The van der Waals surface area contributed by atoms with Crippen molar-refractivity contribution < 1.29 is 21.0 Å². The third kappa shape index (κ3) is 3.85. The Kier molecular flexibility index (Phi) is 6.45. The minimum absolute atomic E-state index is 0.0818. The van der Waals surface area contributed by atoms with E-state index in [-0.39, 0.29) is 15.8 Å². The third-order valence-corrected chi connectivity index (χ3v) is 96.2. The van der Waals surface area contributed by atoms with Crippen molar-refractivity contribution in [3.63, 3.8) is 0 Å². The standard InChI is InChI=1S/C9H7.C5H15OSi2.C4H10N.2ClH.Zr/c1-2-5-9-7-3-6-8(9)4-1;1-7(2)8(3)5-4-6;1-4(2,3)5;;;/h1-7H;6-7H,4-5H2,1-3H3;5H,1-3H3;2*1H;/q;;-1;;;+3/p-2. The summed E-state index contributed by atoms with van der Waals surface area (Å²) in [4.78, 5) is 0. The molecule has 2 atom stereocenters. The van der Waals surface area contributed by atoms with Crippen LogP contribution in [-0.2, 0) is 15.8 Å². The monoisotopic (exact) mass is 494 g/mol. The second-order valence-corrected chi connectivity index (χ2v) is 62.4. The van der Waals surface area contributed by atoms with E-state index in [1.54, 1.807) is 0 Å². The molecule has 0 heterocycles. The number of hydrogen-bond donors (Lipinski definition) is 2. The van der Waals surface area contributed by atoms with Gasteiger partial charge in [0.05, 0.1) is 0 Å². The Morgan fingerprint density at radius 1 is 1.24 bits per heavy atom. The topological polar surface area (TPSA) is 32.3 Å². The SMILES string of the molecule is C[SiH](C)[Si](C)(CCO)[Zr]([Cl])([Cl])([NH]C(C)(C)C)[CH]1C=Cc2ccccc21.